The summed E-state index contributed by atoms with van der Waals surface area (Å²) in [6.45, 7) is 0.858. The molecule has 2 heterocycles. The summed E-state index contributed by atoms with van der Waals surface area (Å²) in [7, 11) is 0. The number of halogens is 2. The summed E-state index contributed by atoms with van der Waals surface area (Å²) in [5.74, 6) is 0.180. The van der Waals surface area contributed by atoms with Crippen LogP contribution in [0.5, 0.6) is 0 Å². The Hall–Kier alpha value is -2.64. The number of piperidine rings is 1. The predicted molar refractivity (Wildman–Crippen MR) is 122 cm³/mol. The quantitative estimate of drug-likeness (QED) is 0.514. The molecule has 2 aliphatic heterocycles. The number of nitrogens with one attached hydrogen (secondary N) is 1. The molecule has 3 atom stereocenters. The monoisotopic (exact) mass is 431 g/mol. The Kier molecular flexibility index (Phi) is 4.87. The third kappa shape index (κ3) is 3.04. The lowest BCUT2D eigenvalue weighted by Crippen LogP contribution is -2.51. The van der Waals surface area contributed by atoms with Crippen molar-refractivity contribution in [1.29, 1.82) is 5.26 Å². The van der Waals surface area contributed by atoms with Gasteiger partial charge in [-0.2, -0.15) is 5.26 Å². The first-order chi connectivity index (χ1) is 14.6. The Labute approximate surface area is 186 Å². The van der Waals surface area contributed by atoms with E-state index in [2.05, 4.69) is 41.9 Å². The first-order valence-corrected chi connectivity index (χ1v) is 10.7. The molecule has 1 N–H and O–H groups in total. The first-order valence-electron chi connectivity index (χ1n) is 9.96. The number of aliphatic imine (C=N–C) groups is 1. The molecule has 30 heavy (non-hydrogen) atoms. The zero-order valence-corrected chi connectivity index (χ0v) is 17.7. The van der Waals surface area contributed by atoms with E-state index in [1.165, 1.54) is 5.56 Å². The smallest absolute Gasteiger partial charge is 0.0991 e. The highest BCUT2D eigenvalue weighted by molar-refractivity contribution is 6.31. The number of rotatable bonds is 2. The molecule has 5 rings (SSSR count). The highest BCUT2D eigenvalue weighted by atomic mass is 35.5. The highest BCUT2D eigenvalue weighted by Gasteiger charge is 2.52. The minimum Gasteiger partial charge on any atom is -0.309 e. The van der Waals surface area contributed by atoms with Gasteiger partial charge in [0.1, 0.15) is 0 Å². The van der Waals surface area contributed by atoms with Gasteiger partial charge >= 0.3 is 0 Å². The standard InChI is InChI=1S/C25H19Cl2N3/c26-19-6-2-4-17(12-19)21-9-10-29-24(18-5-1-3-16(11-18)14-28)25(21)15-30-23-13-20(27)7-8-22(23)25/h1-8,11-13,15,21,24,29H,9-10H2/t21-,24+,25-/m0/s1. The third-order valence-electron chi connectivity index (χ3n) is 6.28. The van der Waals surface area contributed by atoms with Crippen molar-refractivity contribution in [2.24, 2.45) is 4.99 Å². The number of hydrogen-bond donors (Lipinski definition) is 1. The summed E-state index contributed by atoms with van der Waals surface area (Å²) < 4.78 is 0. The third-order valence-corrected chi connectivity index (χ3v) is 6.75. The molecule has 1 fully saturated rings. The second kappa shape index (κ2) is 7.56. The average Bonchev–Trinajstić information content (AvgIpc) is 3.12. The van der Waals surface area contributed by atoms with Gasteiger partial charge in [0.25, 0.3) is 0 Å². The van der Waals surface area contributed by atoms with Crippen LogP contribution in [0.4, 0.5) is 5.69 Å². The van der Waals surface area contributed by atoms with Gasteiger partial charge in [-0.15, -0.1) is 0 Å². The van der Waals surface area contributed by atoms with E-state index in [0.29, 0.717) is 10.6 Å². The van der Waals surface area contributed by atoms with E-state index >= 15 is 0 Å². The van der Waals surface area contributed by atoms with E-state index in [4.69, 9.17) is 28.2 Å². The van der Waals surface area contributed by atoms with E-state index in [9.17, 15) is 5.26 Å². The predicted octanol–water partition coefficient (Wildman–Crippen LogP) is 6.34. The normalized spacial score (nSPS) is 24.6. The Morgan fingerprint density at radius 1 is 0.967 bits per heavy atom. The Bertz CT molecular complexity index is 1200. The van der Waals surface area contributed by atoms with Gasteiger partial charge in [0.05, 0.1) is 22.7 Å². The van der Waals surface area contributed by atoms with Crippen LogP contribution < -0.4 is 5.32 Å². The van der Waals surface area contributed by atoms with E-state index in [-0.39, 0.29) is 12.0 Å². The van der Waals surface area contributed by atoms with Crippen molar-refractivity contribution in [3.63, 3.8) is 0 Å². The number of benzene rings is 3. The molecule has 0 aromatic heterocycles. The van der Waals surface area contributed by atoms with E-state index in [1.807, 2.05) is 42.5 Å². The van der Waals surface area contributed by atoms with Crippen molar-refractivity contribution >= 4 is 35.1 Å². The van der Waals surface area contributed by atoms with Crippen LogP contribution in [0.2, 0.25) is 10.0 Å². The second-order valence-corrected chi connectivity index (χ2v) is 8.75. The number of nitriles is 1. The maximum absolute atomic E-state index is 9.44. The summed E-state index contributed by atoms with van der Waals surface area (Å²) in [5, 5.41) is 14.6. The van der Waals surface area contributed by atoms with Crippen molar-refractivity contribution in [1.82, 2.24) is 5.32 Å². The summed E-state index contributed by atoms with van der Waals surface area (Å²) in [5.41, 5.74) is 4.57. The van der Waals surface area contributed by atoms with Crippen LogP contribution in [0.25, 0.3) is 0 Å². The fourth-order valence-electron chi connectivity index (χ4n) is 5.06. The largest absolute Gasteiger partial charge is 0.309 e. The van der Waals surface area contributed by atoms with Crippen LogP contribution in [-0.4, -0.2) is 12.8 Å². The van der Waals surface area contributed by atoms with Gasteiger partial charge in [0, 0.05) is 28.2 Å². The number of hydrogen-bond acceptors (Lipinski definition) is 3. The highest BCUT2D eigenvalue weighted by Crippen LogP contribution is 2.56. The molecule has 0 unspecified atom stereocenters. The lowest BCUT2D eigenvalue weighted by molar-refractivity contribution is 0.270. The lowest BCUT2D eigenvalue weighted by Gasteiger charge is -2.47. The van der Waals surface area contributed by atoms with Crippen LogP contribution in [0, 0.1) is 11.3 Å². The van der Waals surface area contributed by atoms with Gasteiger partial charge in [0.15, 0.2) is 0 Å². The molecule has 0 amide bonds. The number of fused-ring (bicyclic) bond motifs is 2. The van der Waals surface area contributed by atoms with Crippen molar-refractivity contribution in [3.8, 4) is 6.07 Å². The first kappa shape index (κ1) is 19.3. The molecule has 3 aromatic carbocycles. The minimum absolute atomic E-state index is 0.0327. The van der Waals surface area contributed by atoms with E-state index in [1.54, 1.807) is 0 Å². The fraction of sp³-hybridized carbons (Fsp3) is 0.200. The Morgan fingerprint density at radius 2 is 1.77 bits per heavy atom. The molecule has 3 nitrogen and oxygen atoms in total. The maximum Gasteiger partial charge on any atom is 0.0991 e. The minimum atomic E-state index is -0.406. The zero-order valence-electron chi connectivity index (χ0n) is 16.1. The van der Waals surface area contributed by atoms with Crippen LogP contribution in [-0.2, 0) is 5.41 Å². The van der Waals surface area contributed by atoms with Crippen molar-refractivity contribution < 1.29 is 0 Å². The molecule has 0 aliphatic carbocycles. The van der Waals surface area contributed by atoms with Crippen molar-refractivity contribution in [2.75, 3.05) is 6.54 Å². The van der Waals surface area contributed by atoms with Gasteiger partial charge in [-0.05, 0) is 66.1 Å². The van der Waals surface area contributed by atoms with Crippen LogP contribution >= 0.6 is 23.2 Å². The molecular weight excluding hydrogens is 413 g/mol. The van der Waals surface area contributed by atoms with Gasteiger partial charge in [-0.25, -0.2) is 0 Å². The van der Waals surface area contributed by atoms with E-state index in [0.717, 1.165) is 34.8 Å². The Balaban J connectivity index is 1.74. The summed E-state index contributed by atoms with van der Waals surface area (Å²) >= 11 is 12.6. The van der Waals surface area contributed by atoms with Gasteiger partial charge in [-0.3, -0.25) is 4.99 Å². The molecule has 2 aliphatic rings. The molecule has 1 spiro atoms. The fourth-order valence-corrected chi connectivity index (χ4v) is 5.42. The van der Waals surface area contributed by atoms with Crippen molar-refractivity contribution in [3.05, 3.63) is 99.0 Å². The molecule has 5 heteroatoms. The Morgan fingerprint density at radius 3 is 2.60 bits per heavy atom. The number of nitrogens with zero attached hydrogens (tertiary/aromatic N) is 2. The molecule has 1 saturated heterocycles. The van der Waals surface area contributed by atoms with Crippen molar-refractivity contribution in [2.45, 2.75) is 23.8 Å². The van der Waals surface area contributed by atoms with Crippen LogP contribution in [0.15, 0.2) is 71.7 Å². The van der Waals surface area contributed by atoms with Crippen LogP contribution in [0.3, 0.4) is 0 Å². The molecule has 148 valence electrons. The van der Waals surface area contributed by atoms with E-state index < -0.39 is 5.41 Å². The van der Waals surface area contributed by atoms with Gasteiger partial charge in [0.2, 0.25) is 0 Å². The maximum atomic E-state index is 9.44. The summed E-state index contributed by atoms with van der Waals surface area (Å²) in [6, 6.07) is 24.1. The van der Waals surface area contributed by atoms with Gasteiger partial charge < -0.3 is 5.32 Å². The average molecular weight is 432 g/mol. The lowest BCUT2D eigenvalue weighted by atomic mass is 9.60. The molecule has 0 saturated carbocycles. The SMILES string of the molecule is N#Cc1cccc([C@H]2NCC[C@@H](c3cccc(Cl)c3)[C@]23C=Nc2cc(Cl)ccc23)c1. The summed E-state index contributed by atoms with van der Waals surface area (Å²) in [4.78, 5) is 4.81. The van der Waals surface area contributed by atoms with Gasteiger partial charge in [-0.1, -0.05) is 53.5 Å². The van der Waals surface area contributed by atoms with Crippen LogP contribution in [0.1, 0.15) is 40.6 Å². The molecule has 0 bridgehead atoms. The summed E-state index contributed by atoms with van der Waals surface area (Å²) in [6.07, 6.45) is 3.03. The molecular formula is C25H19Cl2N3. The molecule has 0 radical (unpaired) electrons. The second-order valence-electron chi connectivity index (χ2n) is 7.87. The zero-order chi connectivity index (χ0) is 20.7. The molecule has 3 aromatic rings. The topological polar surface area (TPSA) is 48.2 Å².